The number of hydrogen-bond acceptors (Lipinski definition) is 5. The number of amides is 1. The summed E-state index contributed by atoms with van der Waals surface area (Å²) in [6.45, 7) is 2.95. The van der Waals surface area contributed by atoms with Gasteiger partial charge in [-0.3, -0.25) is 19.7 Å². The van der Waals surface area contributed by atoms with Gasteiger partial charge in [0.15, 0.2) is 6.61 Å². The lowest BCUT2D eigenvalue weighted by Crippen LogP contribution is -2.21. The molecule has 0 saturated carbocycles. The van der Waals surface area contributed by atoms with Crippen molar-refractivity contribution < 1.29 is 23.6 Å². The van der Waals surface area contributed by atoms with Crippen molar-refractivity contribution in [2.24, 2.45) is 0 Å². The molecule has 7 nitrogen and oxygen atoms in total. The Bertz CT molecular complexity index is 865. The number of benzene rings is 2. The highest BCUT2D eigenvalue weighted by Crippen LogP contribution is 2.27. The number of carbonyl (C=O) groups excluding carboxylic acids is 2. The minimum atomic E-state index is -0.670. The molecule has 0 unspecified atom stereocenters. The second-order valence-electron chi connectivity index (χ2n) is 6.05. The van der Waals surface area contributed by atoms with E-state index in [0.29, 0.717) is 6.42 Å². The van der Waals surface area contributed by atoms with Crippen LogP contribution in [0.4, 0.5) is 15.8 Å². The average Bonchev–Trinajstić information content (AvgIpc) is 2.62. The Morgan fingerprint density at radius 3 is 2.41 bits per heavy atom. The number of ether oxygens (including phenoxy) is 1. The van der Waals surface area contributed by atoms with Gasteiger partial charge in [-0.2, -0.15) is 0 Å². The van der Waals surface area contributed by atoms with E-state index >= 15 is 0 Å². The van der Waals surface area contributed by atoms with Crippen LogP contribution in [0.3, 0.4) is 0 Å². The van der Waals surface area contributed by atoms with Crippen LogP contribution in [0.2, 0.25) is 0 Å². The van der Waals surface area contributed by atoms with Gasteiger partial charge in [-0.25, -0.2) is 4.39 Å². The zero-order valence-electron chi connectivity index (χ0n) is 15.0. The molecule has 1 amide bonds. The molecule has 0 aromatic heterocycles. The first-order chi connectivity index (χ1) is 12.8. The minimum absolute atomic E-state index is 0.0305. The number of hydrogen-bond donors (Lipinski definition) is 1. The predicted molar refractivity (Wildman–Crippen MR) is 96.9 cm³/mol. The Labute approximate surface area is 155 Å². The van der Waals surface area contributed by atoms with Crippen LogP contribution in [0.25, 0.3) is 0 Å². The fraction of sp³-hybridized carbons (Fsp3) is 0.263. The maximum Gasteiger partial charge on any atom is 0.306 e. The van der Waals surface area contributed by atoms with Gasteiger partial charge in [0, 0.05) is 12.5 Å². The molecule has 0 bridgehead atoms. The maximum atomic E-state index is 12.8. The Kier molecular flexibility index (Phi) is 6.59. The topological polar surface area (TPSA) is 98.5 Å². The summed E-state index contributed by atoms with van der Waals surface area (Å²) < 4.78 is 17.7. The summed E-state index contributed by atoms with van der Waals surface area (Å²) in [5.41, 5.74) is 2.10. The number of aryl methyl sites for hydroxylation is 3. The molecule has 0 saturated heterocycles. The number of anilines is 1. The molecule has 2 aromatic rings. The molecule has 1 N–H and O–H groups in total. The summed E-state index contributed by atoms with van der Waals surface area (Å²) in [4.78, 5) is 34.2. The van der Waals surface area contributed by atoms with E-state index in [1.54, 1.807) is 26.0 Å². The Morgan fingerprint density at radius 1 is 1.15 bits per heavy atom. The number of carbonyl (C=O) groups is 2. The van der Waals surface area contributed by atoms with E-state index in [4.69, 9.17) is 4.74 Å². The molecule has 0 aliphatic carbocycles. The van der Waals surface area contributed by atoms with E-state index in [2.05, 4.69) is 5.32 Å². The van der Waals surface area contributed by atoms with E-state index in [1.807, 2.05) is 0 Å². The molecule has 8 heteroatoms. The average molecular weight is 374 g/mol. The smallest absolute Gasteiger partial charge is 0.306 e. The molecular weight excluding hydrogens is 355 g/mol. The van der Waals surface area contributed by atoms with Crippen LogP contribution in [0, 0.1) is 29.8 Å². The Hall–Kier alpha value is -3.29. The lowest BCUT2D eigenvalue weighted by Gasteiger charge is -2.09. The van der Waals surface area contributed by atoms with Crippen LogP contribution >= 0.6 is 0 Å². The van der Waals surface area contributed by atoms with Crippen molar-refractivity contribution in [3.63, 3.8) is 0 Å². The van der Waals surface area contributed by atoms with E-state index in [9.17, 15) is 24.1 Å². The number of esters is 1. The molecule has 27 heavy (non-hydrogen) atoms. The van der Waals surface area contributed by atoms with Gasteiger partial charge in [0.25, 0.3) is 11.6 Å². The minimum Gasteiger partial charge on any atom is -0.456 e. The van der Waals surface area contributed by atoms with Gasteiger partial charge in [-0.1, -0.05) is 12.1 Å². The normalized spacial score (nSPS) is 10.3. The quantitative estimate of drug-likeness (QED) is 0.455. The largest absolute Gasteiger partial charge is 0.456 e. The summed E-state index contributed by atoms with van der Waals surface area (Å²) in [6, 6.07) is 8.60. The molecular formula is C19H19FN2O5. The summed E-state index contributed by atoms with van der Waals surface area (Å²) in [6.07, 6.45) is 0.381. The monoisotopic (exact) mass is 374 g/mol. The number of nitrogens with zero attached hydrogens (tertiary/aromatic N) is 1. The first kappa shape index (κ1) is 20.0. The van der Waals surface area contributed by atoms with Crippen molar-refractivity contribution in [1.82, 2.24) is 0 Å². The SMILES string of the molecule is Cc1cc(NC(=O)COC(=O)CCc2ccc(F)cc2)c([N+](=O)[O-])cc1C. The summed E-state index contributed by atoms with van der Waals surface area (Å²) >= 11 is 0. The Balaban J connectivity index is 1.87. The van der Waals surface area contributed by atoms with Crippen molar-refractivity contribution >= 4 is 23.3 Å². The molecule has 2 rings (SSSR count). The number of nitro groups is 1. The molecule has 2 aromatic carbocycles. The fourth-order valence-corrected chi connectivity index (χ4v) is 2.35. The van der Waals surface area contributed by atoms with Crippen molar-refractivity contribution in [2.75, 3.05) is 11.9 Å². The molecule has 0 atom stereocenters. The van der Waals surface area contributed by atoms with Gasteiger partial charge in [0.1, 0.15) is 11.5 Å². The van der Waals surface area contributed by atoms with Gasteiger partial charge in [-0.15, -0.1) is 0 Å². The fourth-order valence-electron chi connectivity index (χ4n) is 2.35. The highest BCUT2D eigenvalue weighted by molar-refractivity contribution is 5.95. The number of halogens is 1. The van der Waals surface area contributed by atoms with Crippen LogP contribution in [0.5, 0.6) is 0 Å². The van der Waals surface area contributed by atoms with Gasteiger partial charge in [-0.05, 0) is 55.2 Å². The number of nitrogens with one attached hydrogen (secondary N) is 1. The molecule has 0 spiro atoms. The molecule has 0 fully saturated rings. The summed E-state index contributed by atoms with van der Waals surface area (Å²) in [5, 5.41) is 13.5. The van der Waals surface area contributed by atoms with E-state index in [1.165, 1.54) is 24.3 Å². The molecule has 0 heterocycles. The third-order valence-corrected chi connectivity index (χ3v) is 3.98. The highest BCUT2D eigenvalue weighted by Gasteiger charge is 2.18. The van der Waals surface area contributed by atoms with Crippen molar-refractivity contribution in [3.8, 4) is 0 Å². The first-order valence-electron chi connectivity index (χ1n) is 8.22. The van der Waals surface area contributed by atoms with E-state index in [-0.39, 0.29) is 23.6 Å². The zero-order valence-corrected chi connectivity index (χ0v) is 15.0. The van der Waals surface area contributed by atoms with Crippen LogP contribution in [0.1, 0.15) is 23.1 Å². The number of rotatable bonds is 7. The molecule has 142 valence electrons. The zero-order chi connectivity index (χ0) is 20.0. The lowest BCUT2D eigenvalue weighted by atomic mass is 10.1. The van der Waals surface area contributed by atoms with Crippen molar-refractivity contribution in [1.29, 1.82) is 0 Å². The van der Waals surface area contributed by atoms with Gasteiger partial charge in [0.2, 0.25) is 0 Å². The highest BCUT2D eigenvalue weighted by atomic mass is 19.1. The Morgan fingerprint density at radius 2 is 1.78 bits per heavy atom. The molecule has 0 aliphatic heterocycles. The second-order valence-corrected chi connectivity index (χ2v) is 6.05. The van der Waals surface area contributed by atoms with Gasteiger partial charge in [0.05, 0.1) is 4.92 Å². The molecule has 0 radical (unpaired) electrons. The van der Waals surface area contributed by atoms with Crippen molar-refractivity contribution in [2.45, 2.75) is 26.7 Å². The third kappa shape index (κ3) is 5.88. The summed E-state index contributed by atoms with van der Waals surface area (Å²) in [7, 11) is 0. The molecule has 0 aliphatic rings. The summed E-state index contributed by atoms with van der Waals surface area (Å²) in [5.74, 6) is -1.63. The first-order valence-corrected chi connectivity index (χ1v) is 8.22. The maximum absolute atomic E-state index is 12.8. The van der Waals surface area contributed by atoms with Gasteiger partial charge < -0.3 is 10.1 Å². The predicted octanol–water partition coefficient (Wildman–Crippen LogP) is 3.47. The van der Waals surface area contributed by atoms with Crippen LogP contribution < -0.4 is 5.32 Å². The second kappa shape index (κ2) is 8.88. The van der Waals surface area contributed by atoms with E-state index in [0.717, 1.165) is 16.7 Å². The lowest BCUT2D eigenvalue weighted by molar-refractivity contribution is -0.384. The van der Waals surface area contributed by atoms with E-state index < -0.39 is 23.4 Å². The standard InChI is InChI=1S/C19H19FN2O5/c1-12-9-16(17(22(25)26)10-13(12)2)21-18(23)11-27-19(24)8-5-14-3-6-15(20)7-4-14/h3-4,6-7,9-10H,5,8,11H2,1-2H3,(H,21,23). The number of nitro benzene ring substituents is 1. The third-order valence-electron chi connectivity index (χ3n) is 3.98. The van der Waals surface area contributed by atoms with Crippen LogP contribution in [0.15, 0.2) is 36.4 Å². The van der Waals surface area contributed by atoms with Crippen LogP contribution in [-0.4, -0.2) is 23.4 Å². The van der Waals surface area contributed by atoms with Crippen LogP contribution in [-0.2, 0) is 20.7 Å². The van der Waals surface area contributed by atoms with Crippen molar-refractivity contribution in [3.05, 3.63) is 69.0 Å². The van der Waals surface area contributed by atoms with Gasteiger partial charge >= 0.3 is 5.97 Å².